The summed E-state index contributed by atoms with van der Waals surface area (Å²) >= 11 is 1.23. The lowest BCUT2D eigenvalue weighted by molar-refractivity contribution is -0.121. The number of nitrogens with one attached hydrogen (secondary N) is 1. The van der Waals surface area contributed by atoms with E-state index in [4.69, 9.17) is 5.73 Å². The normalized spacial score (nSPS) is 11.8. The summed E-state index contributed by atoms with van der Waals surface area (Å²) in [7, 11) is 0. The van der Waals surface area contributed by atoms with E-state index in [0.717, 1.165) is 23.4 Å². The first-order valence-corrected chi connectivity index (χ1v) is 10.5. The number of nitrogens with two attached hydrogens (primary N) is 1. The SMILES string of the molecule is CC[C@@H](CNC(=O)CCc1c(C)nc(SCC(N)=O)nc1C)c1ccccc1. The second-order valence-electron chi connectivity index (χ2n) is 6.73. The van der Waals surface area contributed by atoms with Crippen LogP contribution in [0.3, 0.4) is 0 Å². The predicted molar refractivity (Wildman–Crippen MR) is 112 cm³/mol. The zero-order chi connectivity index (χ0) is 20.5. The zero-order valence-corrected chi connectivity index (χ0v) is 17.5. The fourth-order valence-electron chi connectivity index (χ4n) is 3.06. The molecule has 0 radical (unpaired) electrons. The van der Waals surface area contributed by atoms with Crippen molar-refractivity contribution in [1.29, 1.82) is 0 Å². The minimum absolute atomic E-state index is 0.0281. The molecule has 3 N–H and O–H groups in total. The van der Waals surface area contributed by atoms with Gasteiger partial charge in [0.15, 0.2) is 5.16 Å². The van der Waals surface area contributed by atoms with Gasteiger partial charge in [-0.05, 0) is 37.8 Å². The van der Waals surface area contributed by atoms with Crippen LogP contribution < -0.4 is 11.1 Å². The third-order valence-corrected chi connectivity index (χ3v) is 5.52. The molecule has 1 atom stereocenters. The molecule has 0 saturated carbocycles. The molecule has 0 saturated heterocycles. The first-order chi connectivity index (χ1) is 13.4. The summed E-state index contributed by atoms with van der Waals surface area (Å²) in [5.41, 5.74) is 9.06. The van der Waals surface area contributed by atoms with Gasteiger partial charge in [0.25, 0.3) is 0 Å². The van der Waals surface area contributed by atoms with Crippen LogP contribution in [-0.4, -0.2) is 34.1 Å². The molecule has 28 heavy (non-hydrogen) atoms. The molecular formula is C21H28N4O2S. The van der Waals surface area contributed by atoms with Gasteiger partial charge in [-0.3, -0.25) is 9.59 Å². The van der Waals surface area contributed by atoms with Crippen molar-refractivity contribution in [2.24, 2.45) is 5.73 Å². The Morgan fingerprint density at radius 2 is 1.79 bits per heavy atom. The quantitative estimate of drug-likeness (QED) is 0.472. The van der Waals surface area contributed by atoms with E-state index in [1.54, 1.807) is 0 Å². The highest BCUT2D eigenvalue weighted by molar-refractivity contribution is 7.99. The molecule has 0 unspecified atom stereocenters. The van der Waals surface area contributed by atoms with E-state index < -0.39 is 5.91 Å². The van der Waals surface area contributed by atoms with Crippen LogP contribution in [0.15, 0.2) is 35.5 Å². The number of aromatic nitrogens is 2. The summed E-state index contributed by atoms with van der Waals surface area (Å²) in [5.74, 6) is 0.102. The summed E-state index contributed by atoms with van der Waals surface area (Å²) < 4.78 is 0. The van der Waals surface area contributed by atoms with E-state index in [2.05, 4.69) is 34.3 Å². The molecule has 6 nitrogen and oxygen atoms in total. The highest BCUT2D eigenvalue weighted by atomic mass is 32.2. The Labute approximate surface area is 170 Å². The number of thioether (sulfide) groups is 1. The molecule has 1 aromatic carbocycles. The molecule has 150 valence electrons. The number of carbonyl (C=O) groups is 2. The molecule has 0 aliphatic rings. The summed E-state index contributed by atoms with van der Waals surface area (Å²) in [6.45, 7) is 6.57. The van der Waals surface area contributed by atoms with Crippen LogP contribution in [0.25, 0.3) is 0 Å². The van der Waals surface area contributed by atoms with Crippen molar-refractivity contribution >= 4 is 23.6 Å². The van der Waals surface area contributed by atoms with Gasteiger partial charge in [0.05, 0.1) is 5.75 Å². The van der Waals surface area contributed by atoms with Gasteiger partial charge in [-0.1, -0.05) is 49.0 Å². The molecule has 7 heteroatoms. The summed E-state index contributed by atoms with van der Waals surface area (Å²) in [4.78, 5) is 32.1. The van der Waals surface area contributed by atoms with Gasteiger partial charge in [-0.2, -0.15) is 0 Å². The molecule has 0 fully saturated rings. The fourth-order valence-corrected chi connectivity index (χ4v) is 3.73. The fraction of sp³-hybridized carbons (Fsp3) is 0.429. The summed E-state index contributed by atoms with van der Waals surface area (Å²) in [6.07, 6.45) is 1.96. The van der Waals surface area contributed by atoms with Crippen molar-refractivity contribution in [3.8, 4) is 0 Å². The maximum atomic E-state index is 12.3. The maximum Gasteiger partial charge on any atom is 0.227 e. The Morgan fingerprint density at radius 1 is 1.14 bits per heavy atom. The molecule has 2 aromatic rings. The van der Waals surface area contributed by atoms with Gasteiger partial charge in [0.2, 0.25) is 11.8 Å². The van der Waals surface area contributed by atoms with Gasteiger partial charge < -0.3 is 11.1 Å². The number of aryl methyl sites for hydroxylation is 2. The first-order valence-electron chi connectivity index (χ1n) is 9.47. The molecule has 0 bridgehead atoms. The summed E-state index contributed by atoms with van der Waals surface area (Å²) in [5, 5.41) is 3.59. The van der Waals surface area contributed by atoms with Crippen molar-refractivity contribution in [2.75, 3.05) is 12.3 Å². The van der Waals surface area contributed by atoms with Gasteiger partial charge in [-0.25, -0.2) is 9.97 Å². The maximum absolute atomic E-state index is 12.3. The van der Waals surface area contributed by atoms with Crippen LogP contribution in [0.5, 0.6) is 0 Å². The van der Waals surface area contributed by atoms with Crippen LogP contribution in [-0.2, 0) is 16.0 Å². The van der Waals surface area contributed by atoms with Crippen molar-refractivity contribution in [2.45, 2.75) is 51.1 Å². The Morgan fingerprint density at radius 3 is 2.36 bits per heavy atom. The van der Waals surface area contributed by atoms with Crippen LogP contribution in [0, 0.1) is 13.8 Å². The minimum atomic E-state index is -0.398. The van der Waals surface area contributed by atoms with E-state index in [1.807, 2.05) is 32.0 Å². The van der Waals surface area contributed by atoms with Crippen LogP contribution >= 0.6 is 11.8 Å². The molecule has 2 rings (SSSR count). The van der Waals surface area contributed by atoms with Gasteiger partial charge in [-0.15, -0.1) is 0 Å². The topological polar surface area (TPSA) is 98.0 Å². The van der Waals surface area contributed by atoms with E-state index in [9.17, 15) is 9.59 Å². The number of rotatable bonds is 10. The van der Waals surface area contributed by atoms with Crippen molar-refractivity contribution in [1.82, 2.24) is 15.3 Å². The lowest BCUT2D eigenvalue weighted by atomic mass is 9.96. The first kappa shape index (κ1) is 21.9. The second kappa shape index (κ2) is 10.8. The number of amides is 2. The van der Waals surface area contributed by atoms with Gasteiger partial charge in [0.1, 0.15) is 0 Å². The average molecular weight is 401 g/mol. The molecule has 0 aliphatic heterocycles. The number of hydrogen-bond acceptors (Lipinski definition) is 5. The van der Waals surface area contributed by atoms with Gasteiger partial charge >= 0.3 is 0 Å². The number of nitrogens with zero attached hydrogens (tertiary/aromatic N) is 2. The van der Waals surface area contributed by atoms with E-state index in [0.29, 0.717) is 30.5 Å². The summed E-state index contributed by atoms with van der Waals surface area (Å²) in [6, 6.07) is 10.2. The standard InChI is InChI=1S/C21H28N4O2S/c1-4-16(17-8-6-5-7-9-17)12-23-20(27)11-10-18-14(2)24-21(25-15(18)3)28-13-19(22)26/h5-9,16H,4,10-13H2,1-3H3,(H2,22,26)(H,23,27)/t16-/m0/s1. The van der Waals surface area contributed by atoms with Gasteiger partial charge in [0, 0.05) is 30.3 Å². The number of primary amides is 1. The number of hydrogen-bond donors (Lipinski definition) is 2. The van der Waals surface area contributed by atoms with Crippen molar-refractivity contribution < 1.29 is 9.59 Å². The highest BCUT2D eigenvalue weighted by Gasteiger charge is 2.14. The highest BCUT2D eigenvalue weighted by Crippen LogP contribution is 2.20. The number of benzene rings is 1. The Hall–Kier alpha value is -2.41. The Kier molecular flexibility index (Phi) is 8.44. The Balaban J connectivity index is 1.89. The van der Waals surface area contributed by atoms with Crippen molar-refractivity contribution in [3.63, 3.8) is 0 Å². The molecule has 0 spiro atoms. The monoisotopic (exact) mass is 400 g/mol. The molecular weight excluding hydrogens is 372 g/mol. The van der Waals surface area contributed by atoms with E-state index in [-0.39, 0.29) is 11.7 Å². The molecule has 1 aromatic heterocycles. The van der Waals surface area contributed by atoms with Crippen LogP contribution in [0.2, 0.25) is 0 Å². The molecule has 0 aliphatic carbocycles. The Bertz CT molecular complexity index is 788. The van der Waals surface area contributed by atoms with Crippen molar-refractivity contribution in [3.05, 3.63) is 52.8 Å². The third kappa shape index (κ3) is 6.64. The third-order valence-electron chi connectivity index (χ3n) is 4.66. The van der Waals surface area contributed by atoms with Crippen LogP contribution in [0.1, 0.15) is 48.2 Å². The predicted octanol–water partition coefficient (Wildman–Crippen LogP) is 2.91. The largest absolute Gasteiger partial charge is 0.369 e. The zero-order valence-electron chi connectivity index (χ0n) is 16.7. The smallest absolute Gasteiger partial charge is 0.227 e. The lowest BCUT2D eigenvalue weighted by Gasteiger charge is -2.16. The van der Waals surface area contributed by atoms with E-state index >= 15 is 0 Å². The second-order valence-corrected chi connectivity index (χ2v) is 7.67. The molecule has 1 heterocycles. The number of carbonyl (C=O) groups excluding carboxylic acids is 2. The van der Waals surface area contributed by atoms with Crippen LogP contribution in [0.4, 0.5) is 0 Å². The molecule has 2 amide bonds. The lowest BCUT2D eigenvalue weighted by Crippen LogP contribution is -2.28. The minimum Gasteiger partial charge on any atom is -0.369 e. The average Bonchev–Trinajstić information content (AvgIpc) is 2.67. The van der Waals surface area contributed by atoms with E-state index in [1.165, 1.54) is 17.3 Å².